The third kappa shape index (κ3) is 3.06. The SMILES string of the molecule is COc1cccc(C(C2Sc3nc(C)nn3C2=O)N2CCCCC2)c1. The van der Waals surface area contributed by atoms with Crippen molar-refractivity contribution in [3.63, 3.8) is 0 Å². The second-order valence-electron chi connectivity index (χ2n) is 6.55. The fourth-order valence-corrected chi connectivity index (χ4v) is 5.00. The molecule has 1 fully saturated rings. The van der Waals surface area contributed by atoms with Gasteiger partial charge in [-0.1, -0.05) is 30.3 Å². The number of thioether (sulfide) groups is 1. The Morgan fingerprint density at radius 2 is 2.08 bits per heavy atom. The highest BCUT2D eigenvalue weighted by Gasteiger charge is 2.43. The third-order valence-electron chi connectivity index (χ3n) is 4.87. The van der Waals surface area contributed by atoms with Gasteiger partial charge in [-0.15, -0.1) is 5.10 Å². The molecular formula is C18H22N4O2S. The summed E-state index contributed by atoms with van der Waals surface area (Å²) in [7, 11) is 1.67. The number of carbonyl (C=O) groups excluding carboxylic acids is 1. The van der Waals surface area contributed by atoms with Crippen molar-refractivity contribution in [1.82, 2.24) is 19.7 Å². The number of fused-ring (bicyclic) bond motifs is 1. The molecule has 2 unspecified atom stereocenters. The van der Waals surface area contributed by atoms with E-state index in [2.05, 4.69) is 21.0 Å². The normalized spacial score (nSPS) is 22.0. The second kappa shape index (κ2) is 6.80. The number of aryl methyl sites for hydroxylation is 1. The van der Waals surface area contributed by atoms with Gasteiger partial charge in [-0.3, -0.25) is 9.69 Å². The highest BCUT2D eigenvalue weighted by molar-refractivity contribution is 8.00. The first-order chi connectivity index (χ1) is 12.2. The van der Waals surface area contributed by atoms with E-state index in [1.165, 1.54) is 35.7 Å². The van der Waals surface area contributed by atoms with Gasteiger partial charge < -0.3 is 4.74 Å². The molecule has 2 aromatic rings. The van der Waals surface area contributed by atoms with Crippen LogP contribution in [0.15, 0.2) is 29.4 Å². The molecule has 0 aliphatic carbocycles. The number of piperidine rings is 1. The maximum Gasteiger partial charge on any atom is 0.264 e. The monoisotopic (exact) mass is 358 g/mol. The van der Waals surface area contributed by atoms with Crippen molar-refractivity contribution in [2.24, 2.45) is 0 Å². The van der Waals surface area contributed by atoms with E-state index in [1.54, 1.807) is 7.11 Å². The average Bonchev–Trinajstić information content (AvgIpc) is 3.14. The van der Waals surface area contributed by atoms with Crippen LogP contribution in [0.5, 0.6) is 5.75 Å². The summed E-state index contributed by atoms with van der Waals surface area (Å²) in [4.78, 5) is 19.8. The van der Waals surface area contributed by atoms with Crippen molar-refractivity contribution < 1.29 is 9.53 Å². The molecule has 25 heavy (non-hydrogen) atoms. The number of likely N-dealkylation sites (tertiary alicyclic amines) is 1. The standard InChI is InChI=1S/C18H22N4O2S/c1-12-19-18-22(20-12)17(23)16(25-18)15(21-9-4-3-5-10-21)13-7-6-8-14(11-13)24-2/h6-8,11,15-16H,3-5,9-10H2,1-2H3. The van der Waals surface area contributed by atoms with Gasteiger partial charge in [0.2, 0.25) is 0 Å². The first-order valence-electron chi connectivity index (χ1n) is 8.70. The lowest BCUT2D eigenvalue weighted by molar-refractivity contribution is 0.0818. The van der Waals surface area contributed by atoms with Gasteiger partial charge in [-0.2, -0.15) is 4.68 Å². The second-order valence-corrected chi connectivity index (χ2v) is 7.66. The molecule has 1 saturated heterocycles. The Hall–Kier alpha value is -1.86. The highest BCUT2D eigenvalue weighted by atomic mass is 32.2. The van der Waals surface area contributed by atoms with Crippen LogP contribution in [0.4, 0.5) is 0 Å². The van der Waals surface area contributed by atoms with Gasteiger partial charge in [0.25, 0.3) is 5.91 Å². The van der Waals surface area contributed by atoms with Crippen LogP contribution in [0.25, 0.3) is 0 Å². The minimum atomic E-state index is -0.221. The number of carbonyl (C=O) groups is 1. The largest absolute Gasteiger partial charge is 0.497 e. The van der Waals surface area contributed by atoms with Gasteiger partial charge >= 0.3 is 0 Å². The van der Waals surface area contributed by atoms with Gasteiger partial charge in [-0.25, -0.2) is 4.98 Å². The molecule has 2 aliphatic heterocycles. The summed E-state index contributed by atoms with van der Waals surface area (Å²) in [6.45, 7) is 3.85. The van der Waals surface area contributed by atoms with Gasteiger partial charge in [0, 0.05) is 0 Å². The topological polar surface area (TPSA) is 60.3 Å². The minimum absolute atomic E-state index is 0.0108. The zero-order chi connectivity index (χ0) is 17.4. The van der Waals surface area contributed by atoms with Gasteiger partial charge in [0.1, 0.15) is 16.8 Å². The van der Waals surface area contributed by atoms with Crippen molar-refractivity contribution >= 4 is 17.7 Å². The number of methoxy groups -OCH3 is 1. The average molecular weight is 358 g/mol. The number of hydrogen-bond donors (Lipinski definition) is 0. The summed E-state index contributed by atoms with van der Waals surface area (Å²) < 4.78 is 6.88. The Bertz CT molecular complexity index is 785. The quantitative estimate of drug-likeness (QED) is 0.837. The third-order valence-corrected chi connectivity index (χ3v) is 6.06. The predicted octanol–water partition coefficient (Wildman–Crippen LogP) is 2.94. The number of benzene rings is 1. The molecule has 7 heteroatoms. The van der Waals surface area contributed by atoms with E-state index in [0.717, 1.165) is 24.4 Å². The van der Waals surface area contributed by atoms with Crippen molar-refractivity contribution in [1.29, 1.82) is 0 Å². The van der Waals surface area contributed by atoms with E-state index in [0.29, 0.717) is 11.0 Å². The zero-order valence-corrected chi connectivity index (χ0v) is 15.3. The first kappa shape index (κ1) is 16.6. The molecule has 0 N–H and O–H groups in total. The Kier molecular flexibility index (Phi) is 4.52. The van der Waals surface area contributed by atoms with Crippen LogP contribution in [0.2, 0.25) is 0 Å². The maximum absolute atomic E-state index is 13.0. The smallest absolute Gasteiger partial charge is 0.264 e. The van der Waals surface area contributed by atoms with Crippen molar-refractivity contribution in [2.75, 3.05) is 20.2 Å². The Balaban J connectivity index is 1.70. The highest BCUT2D eigenvalue weighted by Crippen LogP contribution is 2.42. The molecule has 2 atom stereocenters. The molecule has 1 aromatic carbocycles. The van der Waals surface area contributed by atoms with Crippen LogP contribution in [0.1, 0.15) is 41.5 Å². The van der Waals surface area contributed by atoms with Crippen LogP contribution in [0, 0.1) is 6.92 Å². The van der Waals surface area contributed by atoms with E-state index in [1.807, 2.05) is 25.1 Å². The number of rotatable bonds is 4. The fraction of sp³-hybridized carbons (Fsp3) is 0.500. The fourth-order valence-electron chi connectivity index (χ4n) is 3.70. The van der Waals surface area contributed by atoms with Crippen molar-refractivity contribution in [3.8, 4) is 5.75 Å². The van der Waals surface area contributed by atoms with Crippen LogP contribution in [-0.4, -0.2) is 51.0 Å². The summed E-state index contributed by atoms with van der Waals surface area (Å²) >= 11 is 1.53. The molecule has 4 rings (SSSR count). The van der Waals surface area contributed by atoms with Crippen molar-refractivity contribution in [2.45, 2.75) is 42.6 Å². The van der Waals surface area contributed by atoms with E-state index >= 15 is 0 Å². The lowest BCUT2D eigenvalue weighted by atomic mass is 9.98. The van der Waals surface area contributed by atoms with Gasteiger partial charge in [0.05, 0.1) is 13.2 Å². The summed E-state index contributed by atoms with van der Waals surface area (Å²) in [5, 5.41) is 4.75. The molecule has 0 amide bonds. The molecule has 0 spiro atoms. The summed E-state index contributed by atoms with van der Waals surface area (Å²) in [5.41, 5.74) is 1.12. The Morgan fingerprint density at radius 3 is 2.80 bits per heavy atom. The molecule has 0 radical (unpaired) electrons. The van der Waals surface area contributed by atoms with Crippen LogP contribution in [-0.2, 0) is 0 Å². The minimum Gasteiger partial charge on any atom is -0.497 e. The van der Waals surface area contributed by atoms with E-state index in [-0.39, 0.29) is 17.2 Å². The van der Waals surface area contributed by atoms with E-state index in [4.69, 9.17) is 4.74 Å². The lowest BCUT2D eigenvalue weighted by Gasteiger charge is -2.37. The van der Waals surface area contributed by atoms with Gasteiger partial charge in [-0.05, 0) is 50.6 Å². The Labute approximate surface area is 151 Å². The maximum atomic E-state index is 13.0. The summed E-state index contributed by atoms with van der Waals surface area (Å²) in [6.07, 6.45) is 3.61. The Morgan fingerprint density at radius 1 is 1.28 bits per heavy atom. The number of nitrogens with zero attached hydrogens (tertiary/aromatic N) is 4. The molecule has 6 nitrogen and oxygen atoms in total. The first-order valence-corrected chi connectivity index (χ1v) is 9.58. The molecular weight excluding hydrogens is 336 g/mol. The van der Waals surface area contributed by atoms with E-state index in [9.17, 15) is 4.79 Å². The van der Waals surface area contributed by atoms with Gasteiger partial charge in [0.15, 0.2) is 5.16 Å². The number of aromatic nitrogens is 3. The zero-order valence-electron chi connectivity index (χ0n) is 14.5. The molecule has 2 aliphatic rings. The molecule has 0 bridgehead atoms. The predicted molar refractivity (Wildman–Crippen MR) is 96.2 cm³/mol. The van der Waals surface area contributed by atoms with Crippen LogP contribution >= 0.6 is 11.8 Å². The molecule has 1 aromatic heterocycles. The van der Waals surface area contributed by atoms with Crippen LogP contribution in [0.3, 0.4) is 0 Å². The molecule has 0 saturated carbocycles. The molecule has 3 heterocycles. The van der Waals surface area contributed by atoms with E-state index < -0.39 is 0 Å². The number of hydrogen-bond acceptors (Lipinski definition) is 6. The lowest BCUT2D eigenvalue weighted by Crippen LogP contribution is -2.41. The molecule has 132 valence electrons. The summed E-state index contributed by atoms with van der Waals surface area (Å²) in [5.74, 6) is 1.49. The summed E-state index contributed by atoms with van der Waals surface area (Å²) in [6, 6.07) is 8.09. The van der Waals surface area contributed by atoms with Crippen molar-refractivity contribution in [3.05, 3.63) is 35.7 Å². The number of ether oxygens (including phenoxy) is 1. The van der Waals surface area contributed by atoms with Crippen LogP contribution < -0.4 is 4.74 Å².